The Kier molecular flexibility index (Phi) is 50.9. The van der Waals surface area contributed by atoms with Gasteiger partial charge in [-0.2, -0.15) is 0 Å². The number of hydrogen-bond acceptors (Lipinski definition) is 7. The molecule has 2 unspecified atom stereocenters. The van der Waals surface area contributed by atoms with E-state index in [1.807, 2.05) is 21.1 Å². The van der Waals surface area contributed by atoms with Gasteiger partial charge >= 0.3 is 11.9 Å². The second-order valence-corrected chi connectivity index (χ2v) is 21.9. The number of carboxylic acids is 1. The van der Waals surface area contributed by atoms with E-state index in [0.29, 0.717) is 12.8 Å². The summed E-state index contributed by atoms with van der Waals surface area (Å²) in [5.41, 5.74) is 0. The molecule has 8 nitrogen and oxygen atoms in total. The molecule has 0 saturated carbocycles. The molecule has 0 radical (unpaired) electrons. The first-order chi connectivity index (χ1) is 33.6. The first-order valence-corrected chi connectivity index (χ1v) is 30.2. The van der Waals surface area contributed by atoms with Crippen LogP contribution in [0.25, 0.3) is 0 Å². The van der Waals surface area contributed by atoms with Crippen LogP contribution < -0.4 is 5.11 Å². The van der Waals surface area contributed by atoms with Crippen molar-refractivity contribution in [2.75, 3.05) is 41.0 Å². The molecule has 0 saturated heterocycles. The van der Waals surface area contributed by atoms with E-state index in [0.717, 1.165) is 38.5 Å². The maximum atomic E-state index is 12.8. The van der Waals surface area contributed by atoms with Gasteiger partial charge in [-0.15, -0.1) is 0 Å². The van der Waals surface area contributed by atoms with Gasteiger partial charge in [0.2, 0.25) is 0 Å². The van der Waals surface area contributed by atoms with Crippen LogP contribution in [0, 0.1) is 0 Å². The van der Waals surface area contributed by atoms with Crippen molar-refractivity contribution in [3.8, 4) is 0 Å². The van der Waals surface area contributed by atoms with Gasteiger partial charge in [0.25, 0.3) is 0 Å². The summed E-state index contributed by atoms with van der Waals surface area (Å²) in [6, 6.07) is -0.724. The summed E-state index contributed by atoms with van der Waals surface area (Å²) >= 11 is 0. The predicted molar refractivity (Wildman–Crippen MR) is 291 cm³/mol. The number of carbonyl (C=O) groups is 3. The highest BCUT2D eigenvalue weighted by atomic mass is 16.6. The molecule has 0 aliphatic rings. The zero-order valence-corrected chi connectivity index (χ0v) is 46.8. The van der Waals surface area contributed by atoms with Crippen molar-refractivity contribution in [2.24, 2.45) is 0 Å². The third-order valence-corrected chi connectivity index (χ3v) is 14.2. The molecule has 0 aromatic carbocycles. The van der Waals surface area contributed by atoms with E-state index in [9.17, 15) is 19.5 Å². The molecule has 0 aliphatic carbocycles. The fraction of sp³-hybridized carbons (Fsp3) is 0.918. The zero-order chi connectivity index (χ0) is 50.6. The Balaban J connectivity index is 4.10. The predicted octanol–water partition coefficient (Wildman–Crippen LogP) is 16.8. The van der Waals surface area contributed by atoms with Crippen molar-refractivity contribution < 1.29 is 38.2 Å². The number of unbranched alkanes of at least 4 members (excludes halogenated alkanes) is 40. The minimum absolute atomic E-state index is 0.0462. The summed E-state index contributed by atoms with van der Waals surface area (Å²) < 4.78 is 17.3. The molecule has 0 aromatic rings. The van der Waals surface area contributed by atoms with Gasteiger partial charge in [0.1, 0.15) is 12.6 Å². The summed E-state index contributed by atoms with van der Waals surface area (Å²) in [6.07, 6.45) is 61.2. The van der Waals surface area contributed by atoms with Crippen molar-refractivity contribution in [3.63, 3.8) is 0 Å². The molecule has 0 rings (SSSR count). The van der Waals surface area contributed by atoms with Crippen molar-refractivity contribution >= 4 is 17.9 Å². The molecule has 0 aromatic heterocycles. The zero-order valence-electron chi connectivity index (χ0n) is 46.8. The summed E-state index contributed by atoms with van der Waals surface area (Å²) in [6.45, 7) is 4.73. The standard InChI is InChI=1S/C61H117NO7/c1-6-8-10-12-14-16-18-20-22-24-26-28-30-32-34-36-38-40-42-44-46-48-50-52-60(64)69-57(55-67-54-53-58(61(65)66)62(3,4)5)56-68-59(63)51-49-47-45-43-41-39-37-35-33-31-29-27-25-23-21-19-17-15-13-11-9-7-2/h31,33,57-58H,6-30,32,34-56H2,1-5H3/b33-31+. The van der Waals surface area contributed by atoms with E-state index in [2.05, 4.69) is 26.0 Å². The van der Waals surface area contributed by atoms with Crippen LogP contribution in [-0.4, -0.2) is 75.5 Å². The first kappa shape index (κ1) is 67.1. The van der Waals surface area contributed by atoms with Crippen molar-refractivity contribution in [2.45, 2.75) is 321 Å². The number of esters is 2. The fourth-order valence-corrected chi connectivity index (χ4v) is 9.48. The number of quaternary nitrogens is 1. The number of allylic oxidation sites excluding steroid dienone is 2. The van der Waals surface area contributed by atoms with Crippen molar-refractivity contribution in [1.82, 2.24) is 0 Å². The number of aliphatic carboxylic acids is 1. The Labute approximate surface area is 429 Å². The quantitative estimate of drug-likeness (QED) is 0.0259. The SMILES string of the molecule is CCCCCCCCCCCCC/C=C/CCCCCCCCCC(=O)OCC(COCCC(C(=O)[O-])[N+](C)(C)C)OC(=O)CCCCCCCCCCCCCCCCCCCCCCCCC. The van der Waals surface area contributed by atoms with Gasteiger partial charge in [0, 0.05) is 19.3 Å². The van der Waals surface area contributed by atoms with E-state index in [1.54, 1.807) is 0 Å². The Morgan fingerprint density at radius 1 is 0.420 bits per heavy atom. The lowest BCUT2D eigenvalue weighted by Gasteiger charge is -2.34. The average molecular weight is 977 g/mol. The molecule has 408 valence electrons. The summed E-state index contributed by atoms with van der Waals surface area (Å²) in [5, 5.41) is 11.7. The largest absolute Gasteiger partial charge is 0.544 e. The molecule has 69 heavy (non-hydrogen) atoms. The van der Waals surface area contributed by atoms with Crippen LogP contribution in [-0.2, 0) is 28.6 Å². The van der Waals surface area contributed by atoms with E-state index in [-0.39, 0.29) is 42.7 Å². The van der Waals surface area contributed by atoms with Crippen molar-refractivity contribution in [3.05, 3.63) is 12.2 Å². The Morgan fingerprint density at radius 2 is 0.725 bits per heavy atom. The lowest BCUT2D eigenvalue weighted by atomic mass is 10.0. The van der Waals surface area contributed by atoms with E-state index in [4.69, 9.17) is 14.2 Å². The molecule has 0 amide bonds. The Morgan fingerprint density at radius 3 is 1.04 bits per heavy atom. The Bertz CT molecular complexity index is 1140. The van der Waals surface area contributed by atoms with Crippen LogP contribution in [0.4, 0.5) is 0 Å². The van der Waals surface area contributed by atoms with E-state index >= 15 is 0 Å². The highest BCUT2D eigenvalue weighted by molar-refractivity contribution is 5.70. The van der Waals surface area contributed by atoms with Crippen molar-refractivity contribution in [1.29, 1.82) is 0 Å². The molecule has 0 spiro atoms. The molecule has 0 N–H and O–H groups in total. The summed E-state index contributed by atoms with van der Waals surface area (Å²) in [5.74, 6) is -1.71. The molecule has 0 bridgehead atoms. The minimum Gasteiger partial charge on any atom is -0.544 e. The van der Waals surface area contributed by atoms with Crippen LogP contribution in [0.2, 0.25) is 0 Å². The van der Waals surface area contributed by atoms with Crippen LogP contribution in [0.1, 0.15) is 309 Å². The van der Waals surface area contributed by atoms with E-state index < -0.39 is 18.1 Å². The van der Waals surface area contributed by atoms with Gasteiger partial charge in [-0.1, -0.05) is 264 Å². The number of carbonyl (C=O) groups excluding carboxylic acids is 3. The first-order valence-electron chi connectivity index (χ1n) is 30.2. The summed E-state index contributed by atoms with van der Waals surface area (Å²) in [7, 11) is 5.44. The number of carboxylic acid groups (broad SMARTS) is 1. The number of likely N-dealkylation sites (N-methyl/N-ethyl adjacent to an activating group) is 1. The molecule has 0 aliphatic heterocycles. The van der Waals surface area contributed by atoms with Gasteiger partial charge < -0.3 is 28.6 Å². The molecule has 8 heteroatoms. The molecule has 0 heterocycles. The fourth-order valence-electron chi connectivity index (χ4n) is 9.48. The second kappa shape index (κ2) is 52.4. The minimum atomic E-state index is -1.12. The van der Waals surface area contributed by atoms with Gasteiger partial charge in [0.05, 0.1) is 40.3 Å². The maximum Gasteiger partial charge on any atom is 0.306 e. The van der Waals surface area contributed by atoms with Crippen LogP contribution in [0.15, 0.2) is 12.2 Å². The van der Waals surface area contributed by atoms with Gasteiger partial charge in [0.15, 0.2) is 6.10 Å². The Hall–Kier alpha value is -1.93. The van der Waals surface area contributed by atoms with Crippen LogP contribution in [0.3, 0.4) is 0 Å². The average Bonchev–Trinajstić information content (AvgIpc) is 3.31. The number of ether oxygens (including phenoxy) is 3. The monoisotopic (exact) mass is 976 g/mol. The highest BCUT2D eigenvalue weighted by Crippen LogP contribution is 2.18. The van der Waals surface area contributed by atoms with Gasteiger partial charge in [-0.3, -0.25) is 9.59 Å². The number of hydrogen-bond donors (Lipinski definition) is 0. The molecular weight excluding hydrogens is 859 g/mol. The van der Waals surface area contributed by atoms with Gasteiger partial charge in [-0.25, -0.2) is 0 Å². The van der Waals surface area contributed by atoms with Crippen LogP contribution in [0.5, 0.6) is 0 Å². The third kappa shape index (κ3) is 50.8. The second-order valence-electron chi connectivity index (χ2n) is 21.9. The van der Waals surface area contributed by atoms with Crippen LogP contribution >= 0.6 is 0 Å². The molecular formula is C61H117NO7. The molecule has 2 atom stereocenters. The highest BCUT2D eigenvalue weighted by Gasteiger charge is 2.25. The maximum absolute atomic E-state index is 12.8. The van der Waals surface area contributed by atoms with E-state index in [1.165, 1.54) is 238 Å². The third-order valence-electron chi connectivity index (χ3n) is 14.2. The smallest absolute Gasteiger partial charge is 0.306 e. The molecule has 0 fully saturated rings. The lowest BCUT2D eigenvalue weighted by Crippen LogP contribution is -2.55. The summed E-state index contributed by atoms with van der Waals surface area (Å²) in [4.78, 5) is 37.2. The van der Waals surface area contributed by atoms with Gasteiger partial charge in [-0.05, 0) is 38.5 Å². The number of nitrogens with zero attached hydrogens (tertiary/aromatic N) is 1. The number of rotatable bonds is 56. The normalized spacial score (nSPS) is 12.8. The lowest BCUT2D eigenvalue weighted by molar-refractivity contribution is -0.889. The topological polar surface area (TPSA) is 102 Å².